The Balaban J connectivity index is 2.25. The standard InChI is InChI=1S/C12H22O6/c1-6(13)11(4,14)9-12(5,15)7-8(16-9)18-10(2,3)17-7/h6-9,13-15H,1-5H3/t6?,7-,8+,9+,11+,12+/m0/s1. The zero-order chi connectivity index (χ0) is 13.9. The van der Waals surface area contributed by atoms with Gasteiger partial charge in [0.15, 0.2) is 12.1 Å². The van der Waals surface area contributed by atoms with Crippen LogP contribution in [0.5, 0.6) is 0 Å². The molecule has 6 atom stereocenters. The molecule has 0 aromatic heterocycles. The van der Waals surface area contributed by atoms with E-state index >= 15 is 0 Å². The summed E-state index contributed by atoms with van der Waals surface area (Å²) in [5.41, 5.74) is -3.04. The Morgan fingerprint density at radius 1 is 1.22 bits per heavy atom. The molecule has 0 aliphatic carbocycles. The predicted octanol–water partition coefficient (Wildman–Crippen LogP) is -0.254. The van der Waals surface area contributed by atoms with Gasteiger partial charge >= 0.3 is 0 Å². The Bertz CT molecular complexity index is 335. The lowest BCUT2D eigenvalue weighted by Gasteiger charge is -2.40. The van der Waals surface area contributed by atoms with Gasteiger partial charge in [0, 0.05) is 0 Å². The molecule has 0 radical (unpaired) electrons. The van der Waals surface area contributed by atoms with Crippen molar-refractivity contribution in [2.45, 2.75) is 76.2 Å². The molecule has 0 amide bonds. The molecule has 6 heteroatoms. The summed E-state index contributed by atoms with van der Waals surface area (Å²) in [6, 6.07) is 0. The van der Waals surface area contributed by atoms with Gasteiger partial charge in [-0.3, -0.25) is 0 Å². The molecular weight excluding hydrogens is 240 g/mol. The monoisotopic (exact) mass is 262 g/mol. The van der Waals surface area contributed by atoms with Crippen LogP contribution in [0.15, 0.2) is 0 Å². The maximum atomic E-state index is 10.5. The topological polar surface area (TPSA) is 88.4 Å². The fourth-order valence-corrected chi connectivity index (χ4v) is 2.59. The molecule has 2 saturated heterocycles. The number of rotatable bonds is 2. The van der Waals surface area contributed by atoms with Crippen LogP contribution < -0.4 is 0 Å². The van der Waals surface area contributed by atoms with Crippen molar-refractivity contribution in [3.05, 3.63) is 0 Å². The Morgan fingerprint density at radius 2 is 1.78 bits per heavy atom. The summed E-state index contributed by atoms with van der Waals surface area (Å²) < 4.78 is 16.7. The second-order valence-corrected chi connectivity index (χ2v) is 6.07. The average Bonchev–Trinajstić information content (AvgIpc) is 2.60. The molecule has 2 heterocycles. The minimum absolute atomic E-state index is 0.692. The van der Waals surface area contributed by atoms with Gasteiger partial charge in [0.25, 0.3) is 0 Å². The molecule has 6 nitrogen and oxygen atoms in total. The van der Waals surface area contributed by atoms with Crippen LogP contribution in [0.1, 0.15) is 34.6 Å². The number of hydrogen-bond donors (Lipinski definition) is 3. The average molecular weight is 262 g/mol. The van der Waals surface area contributed by atoms with Crippen molar-refractivity contribution in [2.24, 2.45) is 0 Å². The van der Waals surface area contributed by atoms with Crippen molar-refractivity contribution in [3.8, 4) is 0 Å². The highest BCUT2D eigenvalue weighted by atomic mass is 16.8. The zero-order valence-corrected chi connectivity index (χ0v) is 11.4. The van der Waals surface area contributed by atoms with E-state index in [1.165, 1.54) is 20.8 Å². The third kappa shape index (κ3) is 1.97. The summed E-state index contributed by atoms with van der Waals surface area (Å²) >= 11 is 0. The van der Waals surface area contributed by atoms with Gasteiger partial charge in [-0.15, -0.1) is 0 Å². The van der Waals surface area contributed by atoms with Crippen LogP contribution >= 0.6 is 0 Å². The number of aliphatic hydroxyl groups excluding tert-OH is 1. The molecule has 18 heavy (non-hydrogen) atoms. The molecule has 0 saturated carbocycles. The van der Waals surface area contributed by atoms with E-state index in [0.717, 1.165) is 0 Å². The van der Waals surface area contributed by atoms with E-state index in [2.05, 4.69) is 0 Å². The molecule has 2 rings (SSSR count). The van der Waals surface area contributed by atoms with E-state index in [1.54, 1.807) is 13.8 Å². The SMILES string of the molecule is CC(O)[C@@](C)(O)[C@H]1O[C@@H]2OC(C)(C)O[C@@H]2[C@@]1(C)O. The Hall–Kier alpha value is -0.240. The minimum Gasteiger partial charge on any atom is -0.390 e. The lowest BCUT2D eigenvalue weighted by Crippen LogP contribution is -2.60. The lowest BCUT2D eigenvalue weighted by molar-refractivity contribution is -0.263. The predicted molar refractivity (Wildman–Crippen MR) is 61.6 cm³/mol. The molecule has 106 valence electrons. The van der Waals surface area contributed by atoms with Gasteiger partial charge in [0.05, 0.1) is 6.10 Å². The first-order chi connectivity index (χ1) is 7.98. The van der Waals surface area contributed by atoms with Crippen LogP contribution in [0, 0.1) is 0 Å². The van der Waals surface area contributed by atoms with Crippen molar-refractivity contribution in [1.82, 2.24) is 0 Å². The Kier molecular flexibility index (Phi) is 3.05. The first kappa shape index (κ1) is 14.2. The lowest BCUT2D eigenvalue weighted by atomic mass is 9.81. The van der Waals surface area contributed by atoms with E-state index in [1.807, 2.05) is 0 Å². The van der Waals surface area contributed by atoms with Crippen molar-refractivity contribution in [1.29, 1.82) is 0 Å². The first-order valence-electron chi connectivity index (χ1n) is 6.12. The highest BCUT2D eigenvalue weighted by Gasteiger charge is 2.65. The van der Waals surface area contributed by atoms with Gasteiger partial charge < -0.3 is 29.5 Å². The van der Waals surface area contributed by atoms with Gasteiger partial charge in [-0.2, -0.15) is 0 Å². The molecule has 0 aromatic carbocycles. The first-order valence-corrected chi connectivity index (χ1v) is 6.12. The third-order valence-electron chi connectivity index (χ3n) is 3.81. The number of aliphatic hydroxyl groups is 3. The summed E-state index contributed by atoms with van der Waals surface area (Å²) in [5, 5.41) is 30.4. The number of hydrogen-bond acceptors (Lipinski definition) is 6. The molecule has 0 spiro atoms. The molecule has 2 aliphatic rings. The van der Waals surface area contributed by atoms with Gasteiger partial charge in [0.2, 0.25) is 0 Å². The Labute approximate surface area is 106 Å². The third-order valence-corrected chi connectivity index (χ3v) is 3.81. The molecule has 3 N–H and O–H groups in total. The van der Waals surface area contributed by atoms with Crippen LogP contribution in [-0.4, -0.2) is 56.9 Å². The van der Waals surface area contributed by atoms with Gasteiger partial charge in [-0.05, 0) is 34.6 Å². The van der Waals surface area contributed by atoms with E-state index in [-0.39, 0.29) is 0 Å². The number of fused-ring (bicyclic) bond motifs is 1. The van der Waals surface area contributed by atoms with E-state index in [9.17, 15) is 15.3 Å². The fraction of sp³-hybridized carbons (Fsp3) is 1.00. The Morgan fingerprint density at radius 3 is 2.22 bits per heavy atom. The van der Waals surface area contributed by atoms with Crippen molar-refractivity contribution in [3.63, 3.8) is 0 Å². The number of ether oxygens (including phenoxy) is 3. The molecule has 0 aromatic rings. The maximum Gasteiger partial charge on any atom is 0.190 e. The second kappa shape index (κ2) is 3.88. The van der Waals surface area contributed by atoms with Crippen molar-refractivity contribution < 1.29 is 29.5 Å². The molecule has 2 aliphatic heterocycles. The summed E-state index contributed by atoms with van der Waals surface area (Å²) in [4.78, 5) is 0. The summed E-state index contributed by atoms with van der Waals surface area (Å²) in [5.74, 6) is -0.832. The minimum atomic E-state index is -1.59. The molecule has 2 fully saturated rings. The van der Waals surface area contributed by atoms with Gasteiger partial charge in [-0.1, -0.05) is 0 Å². The highest BCUT2D eigenvalue weighted by Crippen LogP contribution is 2.46. The molecular formula is C12H22O6. The molecule has 1 unspecified atom stereocenters. The largest absolute Gasteiger partial charge is 0.390 e. The highest BCUT2D eigenvalue weighted by molar-refractivity contribution is 5.09. The summed E-state index contributed by atoms with van der Waals surface area (Å²) in [6.45, 7) is 7.84. The normalized spacial score (nSPS) is 47.7. The van der Waals surface area contributed by atoms with Crippen LogP contribution in [-0.2, 0) is 14.2 Å². The molecule has 0 bridgehead atoms. The fourth-order valence-electron chi connectivity index (χ4n) is 2.59. The smallest absolute Gasteiger partial charge is 0.190 e. The van der Waals surface area contributed by atoms with E-state index in [0.29, 0.717) is 0 Å². The van der Waals surface area contributed by atoms with Gasteiger partial charge in [0.1, 0.15) is 23.4 Å². The van der Waals surface area contributed by atoms with Crippen LogP contribution in [0.25, 0.3) is 0 Å². The van der Waals surface area contributed by atoms with Crippen molar-refractivity contribution in [2.75, 3.05) is 0 Å². The van der Waals surface area contributed by atoms with Crippen molar-refractivity contribution >= 4 is 0 Å². The summed E-state index contributed by atoms with van der Waals surface area (Å²) in [6.07, 6.45) is -3.48. The summed E-state index contributed by atoms with van der Waals surface area (Å²) in [7, 11) is 0. The van der Waals surface area contributed by atoms with Crippen LogP contribution in [0.2, 0.25) is 0 Å². The quantitative estimate of drug-likeness (QED) is 0.636. The van der Waals surface area contributed by atoms with Crippen LogP contribution in [0.4, 0.5) is 0 Å². The van der Waals surface area contributed by atoms with Gasteiger partial charge in [-0.25, -0.2) is 0 Å². The zero-order valence-electron chi connectivity index (χ0n) is 11.4. The maximum absolute atomic E-state index is 10.5. The van der Waals surface area contributed by atoms with E-state index < -0.39 is 41.6 Å². The van der Waals surface area contributed by atoms with E-state index in [4.69, 9.17) is 14.2 Å². The van der Waals surface area contributed by atoms with Crippen LogP contribution in [0.3, 0.4) is 0 Å². The second-order valence-electron chi connectivity index (χ2n) is 6.07.